The van der Waals surface area contributed by atoms with Crippen LogP contribution in [0.1, 0.15) is 31.2 Å². The van der Waals surface area contributed by atoms with E-state index in [9.17, 15) is 0 Å². The molecule has 6 N–H and O–H groups in total. The number of aromatic amines is 2. The first kappa shape index (κ1) is 23.2. The van der Waals surface area contributed by atoms with Gasteiger partial charge in [0, 0.05) is 62.4 Å². The second kappa shape index (κ2) is 9.12. The zero-order valence-electron chi connectivity index (χ0n) is 21.2. The molecule has 2 fully saturated rings. The number of nitrogens with two attached hydrogens (primary N) is 2. The standard InChI is InChI=1S/C27H31N11/c28-27(29)4-7-37(16-27)15-17-8-18(11-30-10-17)19-9-20-23(35-36-25(20)32-12-19)26-33-21-13-31-14-22(24(21)34-26)38-5-2-1-3-6-38/h8-14H,1-7,15-16,28-29H2,(H,33,34)(H,32,35,36). The van der Waals surface area contributed by atoms with Crippen molar-refractivity contribution < 1.29 is 0 Å². The number of fused-ring (bicyclic) bond motifs is 2. The molecule has 0 radical (unpaired) electrons. The minimum absolute atomic E-state index is 0.612. The van der Waals surface area contributed by atoms with E-state index in [1.165, 1.54) is 19.3 Å². The number of pyridine rings is 3. The van der Waals surface area contributed by atoms with E-state index < -0.39 is 5.66 Å². The van der Waals surface area contributed by atoms with Crippen LogP contribution < -0.4 is 16.4 Å². The molecule has 2 aliphatic heterocycles. The Bertz CT molecular complexity index is 1610. The first-order valence-corrected chi connectivity index (χ1v) is 13.2. The maximum Gasteiger partial charge on any atom is 0.159 e. The lowest BCUT2D eigenvalue weighted by Crippen LogP contribution is -2.51. The predicted octanol–water partition coefficient (Wildman–Crippen LogP) is 2.77. The molecule has 5 aromatic rings. The van der Waals surface area contributed by atoms with Crippen LogP contribution in [0.15, 0.2) is 43.1 Å². The van der Waals surface area contributed by atoms with Crippen molar-refractivity contribution in [1.29, 1.82) is 0 Å². The van der Waals surface area contributed by atoms with Crippen molar-refractivity contribution >= 4 is 27.8 Å². The third-order valence-electron chi connectivity index (χ3n) is 7.66. The molecular formula is C27H31N11. The molecule has 0 amide bonds. The molecule has 0 saturated carbocycles. The van der Waals surface area contributed by atoms with Crippen molar-refractivity contribution in [2.24, 2.45) is 11.5 Å². The van der Waals surface area contributed by atoms with Gasteiger partial charge in [-0.15, -0.1) is 0 Å². The summed E-state index contributed by atoms with van der Waals surface area (Å²) in [6, 6.07) is 4.25. The zero-order valence-corrected chi connectivity index (χ0v) is 21.2. The van der Waals surface area contributed by atoms with Crippen LogP contribution in [-0.2, 0) is 6.54 Å². The fourth-order valence-electron chi connectivity index (χ4n) is 5.70. The van der Waals surface area contributed by atoms with E-state index >= 15 is 0 Å². The van der Waals surface area contributed by atoms with E-state index in [-0.39, 0.29) is 0 Å². The number of anilines is 1. The second-order valence-electron chi connectivity index (χ2n) is 10.7. The number of rotatable bonds is 5. The van der Waals surface area contributed by atoms with Gasteiger partial charge < -0.3 is 21.4 Å². The van der Waals surface area contributed by atoms with Crippen LogP contribution in [0.5, 0.6) is 0 Å². The average Bonchev–Trinajstić information content (AvgIpc) is 3.64. The van der Waals surface area contributed by atoms with Gasteiger partial charge in [0.2, 0.25) is 0 Å². The lowest BCUT2D eigenvalue weighted by Gasteiger charge is -2.28. The Morgan fingerprint density at radius 1 is 0.921 bits per heavy atom. The lowest BCUT2D eigenvalue weighted by molar-refractivity contribution is 0.305. The Labute approximate surface area is 219 Å². The highest BCUT2D eigenvalue weighted by molar-refractivity contribution is 5.95. The molecule has 0 unspecified atom stereocenters. The molecule has 0 atom stereocenters. The number of H-pyrrole nitrogens is 2. The van der Waals surface area contributed by atoms with Gasteiger partial charge in [-0.05, 0) is 43.4 Å². The van der Waals surface area contributed by atoms with Gasteiger partial charge in [0.1, 0.15) is 11.2 Å². The maximum atomic E-state index is 6.11. The molecule has 11 heteroatoms. The van der Waals surface area contributed by atoms with E-state index in [2.05, 4.69) is 52.1 Å². The Kier molecular flexibility index (Phi) is 5.57. The number of hydrogen-bond donors (Lipinski definition) is 4. The van der Waals surface area contributed by atoms with E-state index in [4.69, 9.17) is 16.5 Å². The van der Waals surface area contributed by atoms with Gasteiger partial charge in [0.05, 0.1) is 34.6 Å². The van der Waals surface area contributed by atoms with Crippen molar-refractivity contribution in [3.63, 3.8) is 0 Å². The summed E-state index contributed by atoms with van der Waals surface area (Å²) in [4.78, 5) is 26.7. The summed E-state index contributed by atoms with van der Waals surface area (Å²) in [5.41, 5.74) is 19.0. The molecule has 7 heterocycles. The van der Waals surface area contributed by atoms with Crippen LogP contribution in [0, 0.1) is 0 Å². The highest BCUT2D eigenvalue weighted by Gasteiger charge is 2.30. The van der Waals surface area contributed by atoms with Gasteiger partial charge in [0.15, 0.2) is 11.5 Å². The second-order valence-corrected chi connectivity index (χ2v) is 10.7. The number of hydrogen-bond acceptors (Lipinski definition) is 9. The quantitative estimate of drug-likeness (QED) is 0.262. The van der Waals surface area contributed by atoms with Crippen molar-refractivity contribution in [1.82, 2.24) is 40.0 Å². The van der Waals surface area contributed by atoms with Gasteiger partial charge in [0.25, 0.3) is 0 Å². The highest BCUT2D eigenvalue weighted by atomic mass is 15.2. The topological polar surface area (TPSA) is 155 Å². The summed E-state index contributed by atoms with van der Waals surface area (Å²) in [5, 5.41) is 8.54. The molecule has 2 saturated heterocycles. The highest BCUT2D eigenvalue weighted by Crippen LogP contribution is 2.32. The number of nitrogens with zero attached hydrogens (tertiary/aromatic N) is 7. The van der Waals surface area contributed by atoms with Gasteiger partial charge in [-0.25, -0.2) is 9.97 Å². The predicted molar refractivity (Wildman–Crippen MR) is 147 cm³/mol. The number of imidazole rings is 1. The van der Waals surface area contributed by atoms with Gasteiger partial charge >= 0.3 is 0 Å². The molecule has 0 bridgehead atoms. The van der Waals surface area contributed by atoms with Gasteiger partial charge in [-0.2, -0.15) is 5.10 Å². The van der Waals surface area contributed by atoms with E-state index in [0.29, 0.717) is 18.0 Å². The molecule has 38 heavy (non-hydrogen) atoms. The Morgan fingerprint density at radius 3 is 2.61 bits per heavy atom. The zero-order chi connectivity index (χ0) is 25.7. The molecule has 11 nitrogen and oxygen atoms in total. The Morgan fingerprint density at radius 2 is 1.76 bits per heavy atom. The van der Waals surface area contributed by atoms with Crippen LogP contribution in [-0.4, -0.2) is 71.9 Å². The molecular weight excluding hydrogens is 478 g/mol. The van der Waals surface area contributed by atoms with Crippen LogP contribution >= 0.6 is 0 Å². The molecule has 7 rings (SSSR count). The third kappa shape index (κ3) is 4.28. The molecule has 0 spiro atoms. The number of likely N-dealkylation sites (tertiary alicyclic amines) is 1. The van der Waals surface area contributed by atoms with Crippen LogP contribution in [0.4, 0.5) is 5.69 Å². The minimum Gasteiger partial charge on any atom is -0.368 e. The van der Waals surface area contributed by atoms with Crippen molar-refractivity contribution in [2.75, 3.05) is 31.1 Å². The SMILES string of the molecule is NC1(N)CCN(Cc2cncc(-c3cnc4[nH]nc(-c5nc6c(N7CCCCC7)cncc6[nH]5)c4c3)c2)C1. The largest absolute Gasteiger partial charge is 0.368 e. The minimum atomic E-state index is -0.612. The fraction of sp³-hybridized carbons (Fsp3) is 0.370. The molecule has 5 aromatic heterocycles. The van der Waals surface area contributed by atoms with Crippen LogP contribution in [0.25, 0.3) is 44.7 Å². The van der Waals surface area contributed by atoms with E-state index in [1.807, 2.05) is 31.0 Å². The first-order valence-electron chi connectivity index (χ1n) is 13.2. The summed E-state index contributed by atoms with van der Waals surface area (Å²) < 4.78 is 0. The van der Waals surface area contributed by atoms with Gasteiger partial charge in [-0.1, -0.05) is 0 Å². The maximum absolute atomic E-state index is 6.11. The monoisotopic (exact) mass is 509 g/mol. The Hall–Kier alpha value is -3.93. The molecule has 194 valence electrons. The molecule has 2 aliphatic rings. The summed E-state index contributed by atoms with van der Waals surface area (Å²) in [6.45, 7) is 4.39. The average molecular weight is 510 g/mol. The summed E-state index contributed by atoms with van der Waals surface area (Å²) in [7, 11) is 0. The van der Waals surface area contributed by atoms with Crippen LogP contribution in [0.3, 0.4) is 0 Å². The normalized spacial score (nSPS) is 18.1. The Balaban J connectivity index is 1.22. The van der Waals surface area contributed by atoms with Crippen molar-refractivity contribution in [3.05, 3.63) is 48.7 Å². The number of piperidine rings is 1. The summed E-state index contributed by atoms with van der Waals surface area (Å²) in [6.07, 6.45) is 13.8. The van der Waals surface area contributed by atoms with Gasteiger partial charge in [-0.3, -0.25) is 20.0 Å². The first-order chi connectivity index (χ1) is 18.5. The summed E-state index contributed by atoms with van der Waals surface area (Å²) >= 11 is 0. The molecule has 0 aliphatic carbocycles. The van der Waals surface area contributed by atoms with E-state index in [1.54, 1.807) is 0 Å². The van der Waals surface area contributed by atoms with Crippen LogP contribution in [0.2, 0.25) is 0 Å². The lowest BCUT2D eigenvalue weighted by atomic mass is 10.1. The number of aromatic nitrogens is 7. The van der Waals surface area contributed by atoms with Crippen molar-refractivity contribution in [3.8, 4) is 22.6 Å². The summed E-state index contributed by atoms with van der Waals surface area (Å²) in [5.74, 6) is 0.699. The number of nitrogens with one attached hydrogen (secondary N) is 2. The van der Waals surface area contributed by atoms with Crippen molar-refractivity contribution in [2.45, 2.75) is 37.9 Å². The van der Waals surface area contributed by atoms with E-state index in [0.717, 1.165) is 77.1 Å². The third-order valence-corrected chi connectivity index (χ3v) is 7.66. The fourth-order valence-corrected chi connectivity index (χ4v) is 5.70. The molecule has 0 aromatic carbocycles. The smallest absolute Gasteiger partial charge is 0.159 e.